The zero-order valence-electron chi connectivity index (χ0n) is 27.3. The minimum Gasteiger partial charge on any atom is -0.496 e. The normalized spacial score (nSPS) is 18.0. The number of rotatable bonds is 9. The molecule has 250 valence electrons. The van der Waals surface area contributed by atoms with Crippen LogP contribution < -0.4 is 10.1 Å². The number of amides is 2. The van der Waals surface area contributed by atoms with Crippen LogP contribution in [-0.4, -0.2) is 94.3 Å². The molecule has 0 radical (unpaired) electrons. The van der Waals surface area contributed by atoms with Crippen molar-refractivity contribution in [2.75, 3.05) is 52.3 Å². The van der Waals surface area contributed by atoms with E-state index in [-0.39, 0.29) is 18.4 Å². The van der Waals surface area contributed by atoms with E-state index in [2.05, 4.69) is 43.7 Å². The highest BCUT2D eigenvalue weighted by molar-refractivity contribution is 6.02. The van der Waals surface area contributed by atoms with Crippen LogP contribution in [0.4, 0.5) is 10.1 Å². The maximum Gasteiger partial charge on any atom is 0.258 e. The van der Waals surface area contributed by atoms with Gasteiger partial charge in [-0.2, -0.15) is 5.10 Å². The largest absolute Gasteiger partial charge is 0.496 e. The summed E-state index contributed by atoms with van der Waals surface area (Å²) in [4.78, 5) is 39.5. The fourth-order valence-electron chi connectivity index (χ4n) is 6.57. The van der Waals surface area contributed by atoms with Gasteiger partial charge < -0.3 is 19.7 Å². The molecule has 0 aliphatic carbocycles. The van der Waals surface area contributed by atoms with Crippen molar-refractivity contribution < 1.29 is 23.5 Å². The third-order valence-electron chi connectivity index (χ3n) is 9.36. The number of halogens is 1. The topological polar surface area (TPSA) is 126 Å². The Bertz CT molecular complexity index is 2030. The molecule has 2 aliphatic rings. The molecule has 0 saturated carbocycles. The molecule has 11 nitrogen and oxygen atoms in total. The van der Waals surface area contributed by atoms with E-state index < -0.39 is 11.4 Å². The summed E-state index contributed by atoms with van der Waals surface area (Å²) in [5, 5.41) is 11.2. The Morgan fingerprint density at radius 2 is 1.80 bits per heavy atom. The lowest BCUT2D eigenvalue weighted by molar-refractivity contribution is -0.138. The van der Waals surface area contributed by atoms with E-state index >= 15 is 0 Å². The van der Waals surface area contributed by atoms with E-state index in [4.69, 9.17) is 9.47 Å². The SMILES string of the molecule is COc1cc(F)ccc1-c1n[nH]c2ccc(NC(=O)[C@]3(OC)CCN(CC(=O)N4CC=C(c5ccc(-c6ncccn6)cc5)CC4)C3)cc12. The molecule has 0 bridgehead atoms. The highest BCUT2D eigenvalue weighted by Gasteiger charge is 2.45. The second-order valence-electron chi connectivity index (χ2n) is 12.3. The summed E-state index contributed by atoms with van der Waals surface area (Å²) in [5.41, 5.74) is 4.69. The number of aromatic amines is 1. The Kier molecular flexibility index (Phi) is 8.89. The molecule has 0 spiro atoms. The number of carbonyl (C=O) groups is 2. The van der Waals surface area contributed by atoms with Gasteiger partial charge in [-0.05, 0) is 60.4 Å². The Balaban J connectivity index is 0.973. The van der Waals surface area contributed by atoms with Crippen molar-refractivity contribution in [3.63, 3.8) is 0 Å². The lowest BCUT2D eigenvalue weighted by Crippen LogP contribution is -2.48. The number of carbonyl (C=O) groups excluding carboxylic acids is 2. The van der Waals surface area contributed by atoms with Gasteiger partial charge in [-0.3, -0.25) is 19.6 Å². The van der Waals surface area contributed by atoms with Crippen molar-refractivity contribution in [2.24, 2.45) is 0 Å². The van der Waals surface area contributed by atoms with E-state index in [1.165, 1.54) is 31.9 Å². The number of nitrogens with zero attached hydrogens (tertiary/aromatic N) is 5. The lowest BCUT2D eigenvalue weighted by atomic mass is 9.98. The van der Waals surface area contributed by atoms with E-state index in [9.17, 15) is 14.0 Å². The van der Waals surface area contributed by atoms with Crippen LogP contribution in [-0.2, 0) is 14.3 Å². The van der Waals surface area contributed by atoms with Gasteiger partial charge >= 0.3 is 0 Å². The summed E-state index contributed by atoms with van der Waals surface area (Å²) in [5.74, 6) is 0.365. The van der Waals surface area contributed by atoms with E-state index in [0.29, 0.717) is 61.1 Å². The predicted molar refractivity (Wildman–Crippen MR) is 184 cm³/mol. The lowest BCUT2D eigenvalue weighted by Gasteiger charge is -2.30. The number of methoxy groups -OCH3 is 2. The first-order valence-corrected chi connectivity index (χ1v) is 16.1. The Labute approximate surface area is 282 Å². The van der Waals surface area contributed by atoms with Gasteiger partial charge in [0.2, 0.25) is 5.91 Å². The molecule has 2 N–H and O–H groups in total. The number of H-pyrrole nitrogens is 1. The minimum absolute atomic E-state index is 0.0216. The van der Waals surface area contributed by atoms with Crippen LogP contribution >= 0.6 is 0 Å². The molecule has 2 amide bonds. The number of fused-ring (bicyclic) bond motifs is 1. The van der Waals surface area contributed by atoms with Crippen LogP contribution in [0.15, 0.2) is 85.2 Å². The molecule has 2 aliphatic heterocycles. The number of likely N-dealkylation sites (tertiary alicyclic amines) is 1. The molecule has 4 heterocycles. The predicted octanol–water partition coefficient (Wildman–Crippen LogP) is 5.18. The molecule has 7 rings (SSSR count). The van der Waals surface area contributed by atoms with Gasteiger partial charge in [-0.15, -0.1) is 0 Å². The number of anilines is 1. The summed E-state index contributed by atoms with van der Waals surface area (Å²) in [7, 11) is 3.00. The molecule has 49 heavy (non-hydrogen) atoms. The molecular weight excluding hydrogens is 625 g/mol. The number of nitrogens with one attached hydrogen (secondary N) is 2. The molecule has 1 saturated heterocycles. The van der Waals surface area contributed by atoms with Gasteiger partial charge in [0, 0.05) is 73.9 Å². The zero-order chi connectivity index (χ0) is 34.0. The third kappa shape index (κ3) is 6.52. The first-order chi connectivity index (χ1) is 23.9. The van der Waals surface area contributed by atoms with Crippen molar-refractivity contribution in [2.45, 2.75) is 18.4 Å². The first-order valence-electron chi connectivity index (χ1n) is 16.1. The van der Waals surface area contributed by atoms with Crippen LogP contribution in [0.2, 0.25) is 0 Å². The quantitative estimate of drug-likeness (QED) is 0.222. The van der Waals surface area contributed by atoms with Crippen LogP contribution in [0, 0.1) is 5.82 Å². The fourth-order valence-corrected chi connectivity index (χ4v) is 6.57. The summed E-state index contributed by atoms with van der Waals surface area (Å²) < 4.78 is 25.1. The average molecular weight is 662 g/mol. The summed E-state index contributed by atoms with van der Waals surface area (Å²) in [6.45, 7) is 2.20. The van der Waals surface area contributed by atoms with Gasteiger partial charge in [-0.1, -0.05) is 30.3 Å². The standard InChI is InChI=1S/C37H36FN7O4/c1-48-32-20-27(38)8-10-29(32)34-30-21-28(9-11-31(30)42-43-34)41-36(47)37(49-2)14-19-44(23-37)22-33(46)45-17-12-25(13-18-45)24-4-6-26(7-5-24)35-39-15-3-16-40-35/h3-12,15-16,20-21H,13-14,17-19,22-23H2,1-2H3,(H,41,47)(H,42,43)/t37-/m0/s1. The van der Waals surface area contributed by atoms with Crippen molar-refractivity contribution in [3.05, 3.63) is 96.6 Å². The van der Waals surface area contributed by atoms with Gasteiger partial charge in [0.05, 0.1) is 19.2 Å². The Morgan fingerprint density at radius 3 is 2.53 bits per heavy atom. The maximum atomic E-state index is 13.8. The fraction of sp³-hybridized carbons (Fsp3) is 0.270. The van der Waals surface area contributed by atoms with Gasteiger partial charge in [0.1, 0.15) is 17.3 Å². The highest BCUT2D eigenvalue weighted by Crippen LogP contribution is 2.35. The van der Waals surface area contributed by atoms with Crippen LogP contribution in [0.3, 0.4) is 0 Å². The molecule has 0 unspecified atom stereocenters. The Hall–Kier alpha value is -5.46. The van der Waals surface area contributed by atoms with Crippen molar-refractivity contribution in [1.29, 1.82) is 0 Å². The summed E-state index contributed by atoms with van der Waals surface area (Å²) in [6, 6.07) is 19.7. The highest BCUT2D eigenvalue weighted by atomic mass is 19.1. The van der Waals surface area contributed by atoms with Crippen molar-refractivity contribution >= 4 is 34.0 Å². The second-order valence-corrected chi connectivity index (χ2v) is 12.3. The van der Waals surface area contributed by atoms with Gasteiger partial charge in [0.15, 0.2) is 11.4 Å². The first kappa shape index (κ1) is 32.1. The minimum atomic E-state index is -1.11. The molecule has 1 fully saturated rings. The monoisotopic (exact) mass is 661 g/mol. The van der Waals surface area contributed by atoms with Crippen LogP contribution in [0.25, 0.3) is 39.1 Å². The summed E-state index contributed by atoms with van der Waals surface area (Å²) in [6.07, 6.45) is 6.77. The molecular formula is C37H36FN7O4. The number of aromatic nitrogens is 4. The number of benzene rings is 3. The zero-order valence-corrected chi connectivity index (χ0v) is 27.3. The second kappa shape index (κ2) is 13.6. The van der Waals surface area contributed by atoms with Crippen molar-refractivity contribution in [3.8, 4) is 28.4 Å². The molecule has 12 heteroatoms. The number of hydrogen-bond acceptors (Lipinski definition) is 8. The number of ether oxygens (including phenoxy) is 2. The van der Waals surface area contributed by atoms with Gasteiger partial charge in [-0.25, -0.2) is 14.4 Å². The van der Waals surface area contributed by atoms with E-state index in [1.807, 2.05) is 34.1 Å². The molecule has 3 aromatic carbocycles. The van der Waals surface area contributed by atoms with E-state index in [0.717, 1.165) is 28.5 Å². The maximum absolute atomic E-state index is 13.8. The molecule has 2 aromatic heterocycles. The molecule has 5 aromatic rings. The van der Waals surface area contributed by atoms with Crippen LogP contribution in [0.1, 0.15) is 18.4 Å². The van der Waals surface area contributed by atoms with E-state index in [1.54, 1.807) is 30.6 Å². The van der Waals surface area contributed by atoms with Gasteiger partial charge in [0.25, 0.3) is 5.91 Å². The summed E-state index contributed by atoms with van der Waals surface area (Å²) >= 11 is 0. The molecule has 1 atom stereocenters. The average Bonchev–Trinajstić information content (AvgIpc) is 3.77. The van der Waals surface area contributed by atoms with Crippen LogP contribution in [0.5, 0.6) is 5.75 Å². The Morgan fingerprint density at radius 1 is 1.00 bits per heavy atom. The van der Waals surface area contributed by atoms with Crippen molar-refractivity contribution in [1.82, 2.24) is 30.0 Å². The number of hydrogen-bond donors (Lipinski definition) is 2. The smallest absolute Gasteiger partial charge is 0.258 e. The third-order valence-corrected chi connectivity index (χ3v) is 9.36.